The summed E-state index contributed by atoms with van der Waals surface area (Å²) in [6.07, 6.45) is 0. The molecule has 0 bridgehead atoms. The van der Waals surface area contributed by atoms with Crippen LogP contribution >= 0.6 is 22.9 Å². The van der Waals surface area contributed by atoms with Crippen LogP contribution in [-0.4, -0.2) is 0 Å². The maximum Gasteiger partial charge on any atom is 0.143 e. The summed E-state index contributed by atoms with van der Waals surface area (Å²) in [7, 11) is 0. The number of para-hydroxylation sites is 2. The average molecular weight is 1180 g/mol. The summed E-state index contributed by atoms with van der Waals surface area (Å²) in [6, 6.07) is 112. The molecule has 6 heteroatoms. The minimum absolute atomic E-state index is 0.713. The van der Waals surface area contributed by atoms with Crippen LogP contribution < -0.4 is 14.5 Å². The highest BCUT2D eigenvalue weighted by atomic mass is 35.5. The number of thiophene rings is 1. The molecule has 2 aliphatic rings. The zero-order valence-electron chi connectivity index (χ0n) is 47.9. The normalized spacial score (nSPS) is 13.8. The highest BCUT2D eigenvalue weighted by Crippen LogP contribution is 2.64. The molecule has 16 aromatic rings. The summed E-state index contributed by atoms with van der Waals surface area (Å²) >= 11 is 9.28. The molecule has 2 aromatic heterocycles. The van der Waals surface area contributed by atoms with Crippen molar-refractivity contribution in [3.63, 3.8) is 0 Å². The van der Waals surface area contributed by atoms with Crippen LogP contribution in [0.1, 0.15) is 22.3 Å². The van der Waals surface area contributed by atoms with Crippen molar-refractivity contribution < 1.29 is 9.15 Å². The van der Waals surface area contributed by atoms with Gasteiger partial charge in [0.2, 0.25) is 0 Å². The first-order valence-electron chi connectivity index (χ1n) is 30.1. The highest BCUT2D eigenvalue weighted by molar-refractivity contribution is 7.26. The van der Waals surface area contributed by atoms with E-state index < -0.39 is 5.41 Å². The first-order chi connectivity index (χ1) is 44.0. The molecule has 14 aromatic carbocycles. The SMILES string of the molecule is Clc1cccc2c1-c1ccccc1C21c2ccc(N(c3ccccc3)c3cc(-c4ccccc4)c4c(c3)sc3ccccc34)cc2Oc2cc(N(c3ccc(-c4ccccc4)cc3)c3cc(-c4ccc5ccccc5c4)c4oc5ccccc5c4c3)ccc21. The fourth-order valence-electron chi connectivity index (χ4n) is 14.4. The van der Waals surface area contributed by atoms with Crippen LogP contribution in [0.2, 0.25) is 5.02 Å². The van der Waals surface area contributed by atoms with E-state index in [1.807, 2.05) is 23.5 Å². The molecule has 1 atom stereocenters. The second kappa shape index (κ2) is 20.3. The third-order valence-corrected chi connectivity index (χ3v) is 19.8. The summed E-state index contributed by atoms with van der Waals surface area (Å²) in [4.78, 5) is 4.76. The van der Waals surface area contributed by atoms with Crippen LogP contribution in [0.15, 0.2) is 314 Å². The fraction of sp³-hybridized carbons (Fsp3) is 0.0120. The topological polar surface area (TPSA) is 28.9 Å². The predicted molar refractivity (Wildman–Crippen MR) is 372 cm³/mol. The third kappa shape index (κ3) is 8.06. The van der Waals surface area contributed by atoms with Gasteiger partial charge in [0.25, 0.3) is 0 Å². The van der Waals surface area contributed by atoms with E-state index in [1.165, 1.54) is 36.7 Å². The Balaban J connectivity index is 0.873. The summed E-state index contributed by atoms with van der Waals surface area (Å²) in [6.45, 7) is 0. The van der Waals surface area contributed by atoms with Gasteiger partial charge in [0, 0.05) is 104 Å². The molecule has 0 radical (unpaired) electrons. The number of nitrogens with zero attached hydrogens (tertiary/aromatic N) is 2. The monoisotopic (exact) mass is 1170 g/mol. The number of halogens is 1. The zero-order valence-corrected chi connectivity index (χ0v) is 49.5. The number of benzene rings is 14. The van der Waals surface area contributed by atoms with Gasteiger partial charge in [-0.05, 0) is 140 Å². The van der Waals surface area contributed by atoms with E-state index >= 15 is 0 Å². The zero-order chi connectivity index (χ0) is 58.7. The van der Waals surface area contributed by atoms with Crippen molar-refractivity contribution in [3.8, 4) is 56.0 Å². The molecule has 1 aliphatic carbocycles. The molecule has 1 unspecified atom stereocenters. The maximum atomic E-state index is 7.68. The number of ether oxygens (including phenoxy) is 1. The van der Waals surface area contributed by atoms with Crippen LogP contribution in [0.4, 0.5) is 34.1 Å². The largest absolute Gasteiger partial charge is 0.457 e. The summed E-state index contributed by atoms with van der Waals surface area (Å²) in [5.41, 5.74) is 20.0. The molecular weight excluding hydrogens is 1120 g/mol. The van der Waals surface area contributed by atoms with Gasteiger partial charge in [-0.2, -0.15) is 0 Å². The molecule has 3 heterocycles. The lowest BCUT2D eigenvalue weighted by atomic mass is 9.66. The van der Waals surface area contributed by atoms with E-state index in [2.05, 4.69) is 307 Å². The Morgan fingerprint density at radius 2 is 0.899 bits per heavy atom. The van der Waals surface area contributed by atoms with Crippen LogP contribution in [0, 0.1) is 0 Å². The Kier molecular flexibility index (Phi) is 11.7. The molecule has 89 heavy (non-hydrogen) atoms. The van der Waals surface area contributed by atoms with Gasteiger partial charge in [-0.15, -0.1) is 11.3 Å². The average Bonchev–Trinajstić information content (AvgIpc) is 1.60. The van der Waals surface area contributed by atoms with Gasteiger partial charge in [0.1, 0.15) is 22.7 Å². The first-order valence-corrected chi connectivity index (χ1v) is 31.3. The van der Waals surface area contributed by atoms with E-state index in [9.17, 15) is 0 Å². The van der Waals surface area contributed by atoms with Crippen LogP contribution in [0.5, 0.6) is 11.5 Å². The summed E-state index contributed by atoms with van der Waals surface area (Å²) in [5.74, 6) is 1.50. The van der Waals surface area contributed by atoms with E-state index in [1.54, 1.807) is 0 Å². The van der Waals surface area contributed by atoms with Gasteiger partial charge >= 0.3 is 0 Å². The van der Waals surface area contributed by atoms with Crippen molar-refractivity contribution in [2.45, 2.75) is 5.41 Å². The number of anilines is 6. The Hall–Kier alpha value is -11.0. The molecule has 418 valence electrons. The minimum Gasteiger partial charge on any atom is -0.457 e. The smallest absolute Gasteiger partial charge is 0.143 e. The van der Waals surface area contributed by atoms with Crippen molar-refractivity contribution in [1.29, 1.82) is 0 Å². The van der Waals surface area contributed by atoms with Crippen molar-refractivity contribution >= 4 is 110 Å². The van der Waals surface area contributed by atoms with Crippen LogP contribution in [0.3, 0.4) is 0 Å². The van der Waals surface area contributed by atoms with Crippen molar-refractivity contribution in [2.24, 2.45) is 0 Å². The summed E-state index contributed by atoms with van der Waals surface area (Å²) in [5, 5.41) is 7.66. The quantitative estimate of drug-likeness (QED) is 0.144. The molecule has 1 spiro atoms. The van der Waals surface area contributed by atoms with Gasteiger partial charge in [-0.3, -0.25) is 0 Å². The minimum atomic E-state index is -0.815. The molecule has 1 aliphatic heterocycles. The Morgan fingerprint density at radius 1 is 0.326 bits per heavy atom. The maximum absolute atomic E-state index is 7.68. The van der Waals surface area contributed by atoms with Crippen molar-refractivity contribution in [2.75, 3.05) is 9.80 Å². The summed E-state index contributed by atoms with van der Waals surface area (Å²) < 4.78 is 17.0. The van der Waals surface area contributed by atoms with E-state index in [-0.39, 0.29) is 0 Å². The molecule has 0 amide bonds. The van der Waals surface area contributed by atoms with Gasteiger partial charge < -0.3 is 19.0 Å². The highest BCUT2D eigenvalue weighted by Gasteiger charge is 2.52. The van der Waals surface area contributed by atoms with Gasteiger partial charge in [0.05, 0.1) is 5.41 Å². The van der Waals surface area contributed by atoms with Gasteiger partial charge in [-0.25, -0.2) is 0 Å². The van der Waals surface area contributed by atoms with Crippen molar-refractivity contribution in [1.82, 2.24) is 0 Å². The molecular formula is C83H51ClN2O2S. The van der Waals surface area contributed by atoms with Crippen LogP contribution in [-0.2, 0) is 5.41 Å². The molecule has 4 nitrogen and oxygen atoms in total. The van der Waals surface area contributed by atoms with Crippen molar-refractivity contribution in [3.05, 3.63) is 337 Å². The van der Waals surface area contributed by atoms with E-state index in [0.29, 0.717) is 5.02 Å². The van der Waals surface area contributed by atoms with Crippen LogP contribution in [0.25, 0.3) is 97.4 Å². The Labute approximate surface area is 523 Å². The molecule has 18 rings (SSSR count). The lowest BCUT2D eigenvalue weighted by Gasteiger charge is -2.40. The number of hydrogen-bond donors (Lipinski definition) is 0. The lowest BCUT2D eigenvalue weighted by Crippen LogP contribution is -2.32. The number of hydrogen-bond acceptors (Lipinski definition) is 5. The Morgan fingerprint density at radius 3 is 1.66 bits per heavy atom. The number of rotatable bonds is 9. The van der Waals surface area contributed by atoms with E-state index in [4.69, 9.17) is 20.8 Å². The van der Waals surface area contributed by atoms with Gasteiger partial charge in [0.15, 0.2) is 0 Å². The third-order valence-electron chi connectivity index (χ3n) is 18.3. The second-order valence-corrected chi connectivity index (χ2v) is 24.7. The number of fused-ring (bicyclic) bond motifs is 16. The molecule has 0 saturated carbocycles. The standard InChI is InChI=1S/C83H51ClN2O2S/c84-74-32-18-31-73-81(74)65-28-12-15-30-70(65)83(73)71-43-41-60(85(58-25-8-3-9-26-58)63-46-67(55-22-6-2-7-23-55)80-66-29-14-17-34-78(66)89-79(80)51-63)49-76(71)87-77-50-61(42-44-72(77)83)86(59-39-37-54(38-40-59)52-19-4-1-5-20-52)62-47-68(57-36-35-53-21-10-11-24-56(53)45-57)82-69(48-62)64-27-13-16-33-75(64)88-82/h1-51H. The number of furan rings is 1. The Bertz CT molecular complexity index is 5500. The lowest BCUT2D eigenvalue weighted by molar-refractivity contribution is 0.436. The predicted octanol–water partition coefficient (Wildman–Crippen LogP) is 24.2. The first kappa shape index (κ1) is 51.3. The fourth-order valence-corrected chi connectivity index (χ4v) is 15.9. The van der Waals surface area contributed by atoms with E-state index in [0.717, 1.165) is 129 Å². The molecule has 0 fully saturated rings. The molecule has 0 N–H and O–H groups in total. The van der Waals surface area contributed by atoms with Gasteiger partial charge in [-0.1, -0.05) is 224 Å². The second-order valence-electron chi connectivity index (χ2n) is 23.2. The molecule has 0 saturated heterocycles.